The Hall–Kier alpha value is -1.29. The Balaban J connectivity index is 1.69. The van der Waals surface area contributed by atoms with Gasteiger partial charge in [-0.25, -0.2) is 4.98 Å². The van der Waals surface area contributed by atoms with Gasteiger partial charge in [-0.05, 0) is 43.7 Å². The van der Waals surface area contributed by atoms with Crippen molar-refractivity contribution >= 4 is 11.5 Å². The van der Waals surface area contributed by atoms with Gasteiger partial charge in [-0.15, -0.1) is 0 Å². The van der Waals surface area contributed by atoms with E-state index in [9.17, 15) is 0 Å². The summed E-state index contributed by atoms with van der Waals surface area (Å²) in [4.78, 5) is 7.02. The van der Waals surface area contributed by atoms with E-state index in [4.69, 9.17) is 4.74 Å². The van der Waals surface area contributed by atoms with Crippen LogP contribution in [0.1, 0.15) is 39.5 Å². The lowest BCUT2D eigenvalue weighted by atomic mass is 9.95. The van der Waals surface area contributed by atoms with E-state index in [1.807, 2.05) is 12.3 Å². The smallest absolute Gasteiger partial charge is 0.151 e. The molecule has 0 bridgehead atoms. The molecule has 1 N–H and O–H groups in total. The maximum absolute atomic E-state index is 5.87. The van der Waals surface area contributed by atoms with Crippen LogP contribution in [0.3, 0.4) is 0 Å². The Kier molecular flexibility index (Phi) is 4.63. The molecule has 3 heterocycles. The molecule has 2 unspecified atom stereocenters. The third-order valence-corrected chi connectivity index (χ3v) is 4.61. The van der Waals surface area contributed by atoms with Crippen LogP contribution in [0.2, 0.25) is 0 Å². The zero-order valence-electron chi connectivity index (χ0n) is 13.2. The van der Waals surface area contributed by atoms with Crippen molar-refractivity contribution in [1.82, 2.24) is 4.98 Å². The highest BCUT2D eigenvalue weighted by molar-refractivity contribution is 5.66. The number of anilines is 2. The van der Waals surface area contributed by atoms with Crippen molar-refractivity contribution in [2.45, 2.75) is 51.7 Å². The van der Waals surface area contributed by atoms with Crippen molar-refractivity contribution in [2.24, 2.45) is 5.92 Å². The number of ether oxygens (including phenoxy) is 1. The number of aromatic nitrogens is 1. The summed E-state index contributed by atoms with van der Waals surface area (Å²) in [6.07, 6.45) is 7.01. The van der Waals surface area contributed by atoms with Gasteiger partial charge in [-0.1, -0.05) is 13.8 Å². The first-order valence-corrected chi connectivity index (χ1v) is 8.32. The van der Waals surface area contributed by atoms with Crippen molar-refractivity contribution < 1.29 is 4.74 Å². The lowest BCUT2D eigenvalue weighted by Gasteiger charge is -2.33. The molecule has 2 aliphatic rings. The average Bonchev–Trinajstić information content (AvgIpc) is 3.02. The van der Waals surface area contributed by atoms with Crippen LogP contribution in [0.25, 0.3) is 0 Å². The molecular weight excluding hydrogens is 262 g/mol. The fourth-order valence-corrected chi connectivity index (χ4v) is 3.33. The minimum absolute atomic E-state index is 0.378. The monoisotopic (exact) mass is 289 g/mol. The molecule has 2 saturated heterocycles. The van der Waals surface area contributed by atoms with Crippen LogP contribution in [0, 0.1) is 5.92 Å². The van der Waals surface area contributed by atoms with Crippen LogP contribution >= 0.6 is 0 Å². The summed E-state index contributed by atoms with van der Waals surface area (Å²) < 4.78 is 5.87. The molecule has 116 valence electrons. The van der Waals surface area contributed by atoms with E-state index in [2.05, 4.69) is 35.1 Å². The number of hydrogen-bond donors (Lipinski definition) is 1. The Morgan fingerprint density at radius 3 is 2.90 bits per heavy atom. The summed E-state index contributed by atoms with van der Waals surface area (Å²) in [7, 11) is 0. The molecule has 4 heteroatoms. The van der Waals surface area contributed by atoms with Gasteiger partial charge in [0.15, 0.2) is 5.82 Å². The van der Waals surface area contributed by atoms with Crippen molar-refractivity contribution in [3.8, 4) is 0 Å². The molecule has 2 fully saturated rings. The fraction of sp³-hybridized carbons (Fsp3) is 0.706. The maximum atomic E-state index is 5.87. The second-order valence-electron chi connectivity index (χ2n) is 6.59. The number of rotatable bonds is 4. The van der Waals surface area contributed by atoms with Crippen LogP contribution in [0.5, 0.6) is 0 Å². The molecule has 0 saturated carbocycles. The second-order valence-corrected chi connectivity index (χ2v) is 6.59. The zero-order chi connectivity index (χ0) is 14.7. The van der Waals surface area contributed by atoms with Crippen molar-refractivity contribution in [2.75, 3.05) is 29.9 Å². The molecule has 4 nitrogen and oxygen atoms in total. The summed E-state index contributed by atoms with van der Waals surface area (Å²) in [6.45, 7) is 7.61. The topological polar surface area (TPSA) is 37.4 Å². The van der Waals surface area contributed by atoms with Crippen LogP contribution in [0.15, 0.2) is 18.3 Å². The molecule has 21 heavy (non-hydrogen) atoms. The van der Waals surface area contributed by atoms with Gasteiger partial charge < -0.3 is 15.0 Å². The molecule has 0 aliphatic carbocycles. The van der Waals surface area contributed by atoms with Crippen molar-refractivity contribution in [1.29, 1.82) is 0 Å². The predicted molar refractivity (Wildman–Crippen MR) is 86.9 cm³/mol. The highest BCUT2D eigenvalue weighted by Gasteiger charge is 2.26. The molecule has 1 aromatic heterocycles. The summed E-state index contributed by atoms with van der Waals surface area (Å²) in [5.41, 5.74) is 1.19. The first-order chi connectivity index (χ1) is 10.2. The standard InChI is InChI=1S/C17H27N3O/c1-13(2)16-12-14(7-11-21-16)19-15-6-5-8-18-17(15)20-9-3-4-10-20/h5-6,8,13-14,16,19H,3-4,7,9-12H2,1-2H3. The van der Waals surface area contributed by atoms with Crippen LogP contribution < -0.4 is 10.2 Å². The van der Waals surface area contributed by atoms with E-state index in [1.54, 1.807) is 0 Å². The molecule has 0 aromatic carbocycles. The molecular formula is C17H27N3O. The van der Waals surface area contributed by atoms with Gasteiger partial charge in [-0.3, -0.25) is 0 Å². The van der Waals surface area contributed by atoms with E-state index < -0.39 is 0 Å². The van der Waals surface area contributed by atoms with Gasteiger partial charge >= 0.3 is 0 Å². The maximum Gasteiger partial charge on any atom is 0.151 e. The summed E-state index contributed by atoms with van der Waals surface area (Å²) in [5.74, 6) is 1.71. The molecule has 3 rings (SSSR count). The zero-order valence-corrected chi connectivity index (χ0v) is 13.2. The number of nitrogens with one attached hydrogen (secondary N) is 1. The largest absolute Gasteiger partial charge is 0.379 e. The number of nitrogens with zero attached hydrogens (tertiary/aromatic N) is 2. The van der Waals surface area contributed by atoms with Gasteiger partial charge in [0.2, 0.25) is 0 Å². The summed E-state index contributed by atoms with van der Waals surface area (Å²) in [5, 5.41) is 3.73. The van der Waals surface area contributed by atoms with Crippen LogP contribution in [0.4, 0.5) is 11.5 Å². The Bertz CT molecular complexity index is 457. The molecule has 1 aromatic rings. The first-order valence-electron chi connectivity index (χ1n) is 8.32. The van der Waals surface area contributed by atoms with Crippen LogP contribution in [-0.2, 0) is 4.74 Å². The van der Waals surface area contributed by atoms with E-state index in [0.29, 0.717) is 18.1 Å². The Labute approximate surface area is 127 Å². The molecule has 0 amide bonds. The van der Waals surface area contributed by atoms with Gasteiger partial charge in [0.25, 0.3) is 0 Å². The fourth-order valence-electron chi connectivity index (χ4n) is 3.33. The molecule has 0 spiro atoms. The van der Waals surface area contributed by atoms with E-state index >= 15 is 0 Å². The van der Waals surface area contributed by atoms with Gasteiger partial charge in [0.05, 0.1) is 11.8 Å². The van der Waals surface area contributed by atoms with Gasteiger partial charge in [0.1, 0.15) is 0 Å². The minimum atomic E-state index is 0.378. The Morgan fingerprint density at radius 2 is 2.14 bits per heavy atom. The van der Waals surface area contributed by atoms with Crippen LogP contribution in [-0.4, -0.2) is 36.8 Å². The summed E-state index contributed by atoms with van der Waals surface area (Å²) in [6, 6.07) is 4.69. The molecule has 0 radical (unpaired) electrons. The second kappa shape index (κ2) is 6.65. The molecule has 2 aliphatic heterocycles. The quantitative estimate of drug-likeness (QED) is 0.923. The minimum Gasteiger partial charge on any atom is -0.379 e. The predicted octanol–water partition coefficient (Wildman–Crippen LogP) is 3.30. The normalized spacial score (nSPS) is 26.3. The van der Waals surface area contributed by atoms with Crippen molar-refractivity contribution in [3.63, 3.8) is 0 Å². The first kappa shape index (κ1) is 14.6. The average molecular weight is 289 g/mol. The lowest BCUT2D eigenvalue weighted by Crippen LogP contribution is -2.37. The highest BCUT2D eigenvalue weighted by Crippen LogP contribution is 2.29. The lowest BCUT2D eigenvalue weighted by molar-refractivity contribution is -0.0160. The van der Waals surface area contributed by atoms with E-state index in [1.165, 1.54) is 18.5 Å². The third-order valence-electron chi connectivity index (χ3n) is 4.61. The van der Waals surface area contributed by atoms with Crippen molar-refractivity contribution in [3.05, 3.63) is 18.3 Å². The summed E-state index contributed by atoms with van der Waals surface area (Å²) >= 11 is 0. The number of hydrogen-bond acceptors (Lipinski definition) is 4. The highest BCUT2D eigenvalue weighted by atomic mass is 16.5. The van der Waals surface area contributed by atoms with Gasteiger partial charge in [-0.2, -0.15) is 0 Å². The third kappa shape index (κ3) is 3.49. The van der Waals surface area contributed by atoms with E-state index in [-0.39, 0.29) is 0 Å². The molecule has 2 atom stereocenters. The van der Waals surface area contributed by atoms with E-state index in [0.717, 1.165) is 38.4 Å². The van der Waals surface area contributed by atoms with Gasteiger partial charge in [0, 0.05) is 31.9 Å². The number of pyridine rings is 1. The SMILES string of the molecule is CC(C)C1CC(Nc2cccnc2N2CCCC2)CCO1. The Morgan fingerprint density at radius 1 is 1.33 bits per heavy atom.